The molecule has 0 spiro atoms. The van der Waals surface area contributed by atoms with Crippen LogP contribution in [0.1, 0.15) is 11.1 Å². The van der Waals surface area contributed by atoms with Gasteiger partial charge in [0.05, 0.1) is 30.9 Å². The maximum Gasteiger partial charge on any atom is 0.303 e. The number of aliphatic hydroxyl groups excluding tert-OH is 3. The number of aliphatic hydroxyl groups is 7. The Morgan fingerprint density at radius 3 is 2.39 bits per heavy atom. The molecule has 0 aliphatic carbocycles. The zero-order chi connectivity index (χ0) is 30.3. The lowest BCUT2D eigenvalue weighted by atomic mass is 9.90. The number of morpholine rings is 1. The molecule has 3 aliphatic heterocycles. The van der Waals surface area contributed by atoms with Crippen LogP contribution in [0.5, 0.6) is 0 Å². The van der Waals surface area contributed by atoms with E-state index in [9.17, 15) is 54.5 Å². The lowest BCUT2D eigenvalue weighted by Gasteiger charge is -2.44. The van der Waals surface area contributed by atoms with E-state index in [-0.39, 0.29) is 10.5 Å². The van der Waals surface area contributed by atoms with E-state index in [0.717, 1.165) is 0 Å². The van der Waals surface area contributed by atoms with Crippen molar-refractivity contribution in [1.82, 2.24) is 15.1 Å². The highest BCUT2D eigenvalue weighted by molar-refractivity contribution is 6.09. The van der Waals surface area contributed by atoms with E-state index in [4.69, 9.17) is 9.47 Å². The molecule has 1 unspecified atom stereocenters. The van der Waals surface area contributed by atoms with Gasteiger partial charge in [-0.3, -0.25) is 24.6 Å². The number of likely N-dealkylation sites (tertiary alicyclic amines) is 1. The van der Waals surface area contributed by atoms with Gasteiger partial charge in [-0.15, -0.1) is 0 Å². The normalized spacial score (nSPS) is 25.1. The number of halogens is 1. The number of benzene rings is 1. The van der Waals surface area contributed by atoms with Gasteiger partial charge in [0.1, 0.15) is 12.4 Å². The van der Waals surface area contributed by atoms with E-state index in [1.165, 1.54) is 17.4 Å². The minimum atomic E-state index is -3.96. The first-order chi connectivity index (χ1) is 19.2. The first-order valence-corrected chi connectivity index (χ1v) is 12.2. The van der Waals surface area contributed by atoms with Crippen LogP contribution in [0.3, 0.4) is 0 Å². The van der Waals surface area contributed by atoms with Crippen molar-refractivity contribution in [2.45, 2.75) is 30.8 Å². The molecule has 8 N–H and O–H groups in total. The molecule has 0 aromatic heterocycles. The molecule has 0 bridgehead atoms. The van der Waals surface area contributed by atoms with Gasteiger partial charge in [0.15, 0.2) is 17.6 Å². The number of imide groups is 1. The first kappa shape index (κ1) is 29.9. The number of carbonyl (C=O) groups excluding carboxylic acids is 3. The van der Waals surface area contributed by atoms with Gasteiger partial charge < -0.3 is 50.1 Å². The van der Waals surface area contributed by atoms with Crippen molar-refractivity contribution in [2.75, 3.05) is 32.8 Å². The Hall–Kier alpha value is -4.06. The van der Waals surface area contributed by atoms with Crippen LogP contribution in [-0.2, 0) is 37.0 Å². The van der Waals surface area contributed by atoms with Crippen LogP contribution in [-0.4, -0.2) is 114 Å². The monoisotopic (exact) mass is 581 g/mol. The summed E-state index contributed by atoms with van der Waals surface area (Å²) < 4.78 is 25.3. The lowest BCUT2D eigenvalue weighted by molar-refractivity contribution is -0.355. The highest BCUT2D eigenvalue weighted by atomic mass is 19.1. The van der Waals surface area contributed by atoms with Gasteiger partial charge in [0.25, 0.3) is 29.5 Å². The van der Waals surface area contributed by atoms with Crippen molar-refractivity contribution in [3.8, 4) is 0 Å². The van der Waals surface area contributed by atoms with Gasteiger partial charge in [-0.2, -0.15) is 0 Å². The van der Waals surface area contributed by atoms with E-state index >= 15 is 0 Å². The number of rotatable bonds is 7. The molecule has 3 saturated heterocycles. The van der Waals surface area contributed by atoms with Crippen LogP contribution in [0, 0.1) is 5.82 Å². The van der Waals surface area contributed by atoms with Gasteiger partial charge in [-0.25, -0.2) is 4.39 Å². The van der Waals surface area contributed by atoms with E-state index in [2.05, 4.69) is 11.5 Å². The van der Waals surface area contributed by atoms with Crippen LogP contribution in [0.2, 0.25) is 0 Å². The molecule has 3 fully saturated rings. The van der Waals surface area contributed by atoms with Gasteiger partial charge in [0, 0.05) is 25.2 Å². The predicted molar refractivity (Wildman–Crippen MR) is 131 cm³/mol. The fourth-order valence-electron chi connectivity index (χ4n) is 4.59. The maximum atomic E-state index is 14.8. The van der Waals surface area contributed by atoms with Gasteiger partial charge >= 0.3 is 5.79 Å². The third-order valence-corrected chi connectivity index (χ3v) is 6.87. The van der Waals surface area contributed by atoms with Crippen LogP contribution in [0.25, 0.3) is 0 Å². The fraction of sp³-hybridized carbons (Fsp3) is 0.400. The Bertz CT molecular complexity index is 1350. The van der Waals surface area contributed by atoms with Crippen LogP contribution < -0.4 is 5.32 Å². The fourth-order valence-corrected chi connectivity index (χ4v) is 4.59. The van der Waals surface area contributed by atoms with E-state index in [1.807, 2.05) is 0 Å². The van der Waals surface area contributed by atoms with Gasteiger partial charge in [-0.1, -0.05) is 18.7 Å². The molecule has 41 heavy (non-hydrogen) atoms. The highest BCUT2D eigenvalue weighted by Gasteiger charge is 2.67. The number of nitrogens with one attached hydrogen (secondary N) is 1. The summed E-state index contributed by atoms with van der Waals surface area (Å²) in [5, 5.41) is 72.5. The largest absolute Gasteiger partial charge is 0.505 e. The third kappa shape index (κ3) is 5.48. The molecule has 222 valence electrons. The molecule has 0 radical (unpaired) electrons. The third-order valence-electron chi connectivity index (χ3n) is 6.87. The maximum absolute atomic E-state index is 14.8. The second-order valence-corrected chi connectivity index (χ2v) is 9.61. The molecule has 0 saturated carbocycles. The topological polar surface area (TPSA) is 230 Å². The van der Waals surface area contributed by atoms with Crippen LogP contribution in [0.15, 0.2) is 53.4 Å². The Kier molecular flexibility index (Phi) is 8.08. The number of hydrogen-bond acceptors (Lipinski definition) is 13. The summed E-state index contributed by atoms with van der Waals surface area (Å²) in [7, 11) is 0. The summed E-state index contributed by atoms with van der Waals surface area (Å²) in [6.45, 7) is 4.54. The molecule has 3 amide bonds. The van der Waals surface area contributed by atoms with Crippen molar-refractivity contribution in [3.63, 3.8) is 0 Å². The summed E-state index contributed by atoms with van der Waals surface area (Å²) >= 11 is 0. The number of piperidine rings is 1. The molecule has 3 aliphatic rings. The number of ether oxygens (including phenoxy) is 2. The average Bonchev–Trinajstić information content (AvgIpc) is 3.23. The van der Waals surface area contributed by atoms with Crippen molar-refractivity contribution in [2.24, 2.45) is 0 Å². The molecular formula is C25H28FN3O12. The Morgan fingerprint density at radius 2 is 1.78 bits per heavy atom. The second kappa shape index (κ2) is 11.1. The molecule has 1 atom stereocenters. The molecule has 15 nitrogen and oxygen atoms in total. The Morgan fingerprint density at radius 1 is 1.12 bits per heavy atom. The number of carbonyl (C=O) groups is 3. The smallest absolute Gasteiger partial charge is 0.303 e. The standard InChI is InChI=1S/C25H28FN3O12/c1-12(30)18(31)17-15(10-29(21(17)33)19-20(32)27-23(35)25(38,39)24(19,36)37)22(34)41-11-14-3-2-13(8-16(14)26)9-28-4-6-40-7-5-28/h2-3,8,19,30-31,34,36-39H,1,4-7,9-11H2,(H,27,32,35)/b18-17-,22-15+. The number of hydrogen-bond donors (Lipinski definition) is 8. The van der Waals surface area contributed by atoms with Crippen LogP contribution in [0.4, 0.5) is 4.39 Å². The van der Waals surface area contributed by atoms with Gasteiger partial charge in [0.2, 0.25) is 0 Å². The molecule has 16 heteroatoms. The zero-order valence-electron chi connectivity index (χ0n) is 21.4. The Balaban J connectivity index is 1.60. The van der Waals surface area contributed by atoms with Gasteiger partial charge in [-0.05, 0) is 11.6 Å². The minimum Gasteiger partial charge on any atom is -0.505 e. The summed E-state index contributed by atoms with van der Waals surface area (Å²) in [4.78, 5) is 39.7. The molecule has 1 aromatic carbocycles. The molecule has 3 heterocycles. The highest BCUT2D eigenvalue weighted by Crippen LogP contribution is 2.37. The van der Waals surface area contributed by atoms with E-state index in [0.29, 0.717) is 38.4 Å². The zero-order valence-corrected chi connectivity index (χ0v) is 21.4. The van der Waals surface area contributed by atoms with Crippen molar-refractivity contribution >= 4 is 17.7 Å². The Labute approximate surface area is 231 Å². The van der Waals surface area contributed by atoms with Crippen molar-refractivity contribution in [1.29, 1.82) is 0 Å². The SMILES string of the molecule is C=C(O)/C(O)=C1/C(=O)N(C2C(=O)NC(=O)C(O)(O)C2(O)O)C/C1=C(/O)OCc1ccc(CN2CCOCC2)cc1F. The molecule has 4 rings (SSSR count). The molecule has 1 aromatic rings. The lowest BCUT2D eigenvalue weighted by Crippen LogP contribution is -2.79. The second-order valence-electron chi connectivity index (χ2n) is 9.61. The van der Waals surface area contributed by atoms with E-state index in [1.54, 1.807) is 6.07 Å². The summed E-state index contributed by atoms with van der Waals surface area (Å²) in [6.07, 6.45) is 0. The predicted octanol–water partition coefficient (Wildman–Crippen LogP) is -1.94. The number of nitrogens with zero attached hydrogens (tertiary/aromatic N) is 2. The quantitative estimate of drug-likeness (QED) is 0.0759. The average molecular weight is 582 g/mol. The summed E-state index contributed by atoms with van der Waals surface area (Å²) in [5.74, 6) is -16.8. The molecular weight excluding hydrogens is 553 g/mol. The first-order valence-electron chi connectivity index (χ1n) is 12.2. The summed E-state index contributed by atoms with van der Waals surface area (Å²) in [6, 6.07) is 1.78. The van der Waals surface area contributed by atoms with Crippen LogP contribution >= 0.6 is 0 Å². The van der Waals surface area contributed by atoms with Crippen molar-refractivity contribution in [3.05, 3.63) is 70.3 Å². The summed E-state index contributed by atoms with van der Waals surface area (Å²) in [5.41, 5.74) is -0.855. The minimum absolute atomic E-state index is 0.00868. The number of amides is 3. The van der Waals surface area contributed by atoms with E-state index < -0.39 is 82.9 Å². The van der Waals surface area contributed by atoms with Crippen molar-refractivity contribution < 1.29 is 64.0 Å².